The van der Waals surface area contributed by atoms with Gasteiger partial charge in [0.15, 0.2) is 0 Å². The Morgan fingerprint density at radius 2 is 2.00 bits per heavy atom. The van der Waals surface area contributed by atoms with Crippen LogP contribution in [0.15, 0.2) is 42.5 Å². The molecule has 0 radical (unpaired) electrons. The molecular weight excluding hydrogens is 324 g/mol. The molecule has 1 aliphatic rings. The number of nitriles is 1. The van der Waals surface area contributed by atoms with Crippen LogP contribution in [0.4, 0.5) is 0 Å². The zero-order valence-electron chi connectivity index (χ0n) is 13.3. The Hall–Kier alpha value is -2.36. The number of hydrogen-bond donors (Lipinski definition) is 1. The van der Waals surface area contributed by atoms with Crippen LogP contribution >= 0.6 is 0 Å². The topological polar surface area (TPSA) is 79.2 Å². The van der Waals surface area contributed by atoms with E-state index in [1.54, 1.807) is 24.3 Å². The van der Waals surface area contributed by atoms with E-state index < -0.39 is 10.0 Å². The first-order chi connectivity index (χ1) is 11.5. The molecule has 0 aromatic heterocycles. The molecule has 0 amide bonds. The first-order valence-electron chi connectivity index (χ1n) is 7.67. The molecule has 24 heavy (non-hydrogen) atoms. The molecule has 3 rings (SSSR count). The summed E-state index contributed by atoms with van der Waals surface area (Å²) < 4.78 is 33.2. The number of aryl methyl sites for hydroxylation is 1. The summed E-state index contributed by atoms with van der Waals surface area (Å²) in [6, 6.07) is 14.2. The van der Waals surface area contributed by atoms with Gasteiger partial charge in [-0.3, -0.25) is 0 Å². The highest BCUT2D eigenvalue weighted by atomic mass is 32.2. The molecular formula is C18H18N2O3S. The van der Waals surface area contributed by atoms with Crippen molar-refractivity contribution in [3.8, 4) is 11.8 Å². The lowest BCUT2D eigenvalue weighted by Crippen LogP contribution is -2.43. The van der Waals surface area contributed by atoms with Gasteiger partial charge in [-0.05, 0) is 42.2 Å². The molecule has 0 saturated heterocycles. The summed E-state index contributed by atoms with van der Waals surface area (Å²) in [5.74, 6) is 0.746. The van der Waals surface area contributed by atoms with Gasteiger partial charge in [0.2, 0.25) is 10.0 Å². The van der Waals surface area contributed by atoms with Crippen molar-refractivity contribution in [3.05, 3.63) is 64.7 Å². The van der Waals surface area contributed by atoms with Crippen LogP contribution in [-0.2, 0) is 22.2 Å². The lowest BCUT2D eigenvalue weighted by Gasteiger charge is -2.27. The summed E-state index contributed by atoms with van der Waals surface area (Å²) >= 11 is 0. The molecule has 0 saturated carbocycles. The molecule has 1 aliphatic heterocycles. The fourth-order valence-corrected chi connectivity index (χ4v) is 4.23. The summed E-state index contributed by atoms with van der Waals surface area (Å²) in [6.45, 7) is 2.30. The zero-order valence-corrected chi connectivity index (χ0v) is 14.1. The highest BCUT2D eigenvalue weighted by molar-refractivity contribution is 7.88. The number of nitrogens with one attached hydrogen (secondary N) is 1. The lowest BCUT2D eigenvalue weighted by atomic mass is 10.0. The second kappa shape index (κ2) is 6.63. The Bertz CT molecular complexity index is 883. The van der Waals surface area contributed by atoms with Crippen molar-refractivity contribution >= 4 is 10.0 Å². The molecule has 1 atom stereocenters. The summed E-state index contributed by atoms with van der Waals surface area (Å²) in [7, 11) is -3.48. The maximum absolute atomic E-state index is 12.4. The van der Waals surface area contributed by atoms with E-state index in [9.17, 15) is 8.42 Å². The third-order valence-electron chi connectivity index (χ3n) is 3.97. The summed E-state index contributed by atoms with van der Waals surface area (Å²) in [6.07, 6.45) is 0.615. The maximum Gasteiger partial charge on any atom is 0.216 e. The van der Waals surface area contributed by atoms with Crippen LogP contribution in [0.3, 0.4) is 0 Å². The van der Waals surface area contributed by atoms with Crippen molar-refractivity contribution in [1.82, 2.24) is 4.72 Å². The van der Waals surface area contributed by atoms with E-state index in [1.807, 2.05) is 31.2 Å². The average Bonchev–Trinajstić information content (AvgIpc) is 2.55. The summed E-state index contributed by atoms with van der Waals surface area (Å²) in [5, 5.41) is 8.78. The maximum atomic E-state index is 12.4. The molecule has 2 aromatic carbocycles. The van der Waals surface area contributed by atoms with Gasteiger partial charge in [0.25, 0.3) is 0 Å². The largest absolute Gasteiger partial charge is 0.491 e. The number of rotatable bonds is 4. The zero-order chi connectivity index (χ0) is 17.2. The Labute approximate surface area is 141 Å². The van der Waals surface area contributed by atoms with Gasteiger partial charge in [0.1, 0.15) is 12.4 Å². The molecule has 1 heterocycles. The van der Waals surface area contributed by atoms with E-state index in [0.29, 0.717) is 24.2 Å². The van der Waals surface area contributed by atoms with Crippen molar-refractivity contribution in [2.45, 2.75) is 25.1 Å². The van der Waals surface area contributed by atoms with E-state index >= 15 is 0 Å². The minimum Gasteiger partial charge on any atom is -0.491 e. The molecule has 2 aromatic rings. The lowest BCUT2D eigenvalue weighted by molar-refractivity contribution is 0.252. The fourth-order valence-electron chi connectivity index (χ4n) is 2.86. The van der Waals surface area contributed by atoms with E-state index in [2.05, 4.69) is 4.72 Å². The van der Waals surface area contributed by atoms with Crippen molar-refractivity contribution in [3.63, 3.8) is 0 Å². The number of benzene rings is 2. The standard InChI is InChI=1S/C18H18N2O3S/c1-13-3-2-4-16-9-17(11-23-18(13)16)20-24(21,22)12-15-7-5-14(10-19)6-8-15/h2-8,17,20H,9,11-12H2,1H3/t17-/m0/s1. The van der Waals surface area contributed by atoms with Gasteiger partial charge in [-0.1, -0.05) is 30.3 Å². The quantitative estimate of drug-likeness (QED) is 0.924. The van der Waals surface area contributed by atoms with Crippen LogP contribution in [0, 0.1) is 18.3 Å². The Balaban J connectivity index is 1.68. The third-order valence-corrected chi connectivity index (χ3v) is 5.38. The minimum absolute atomic E-state index is 0.115. The van der Waals surface area contributed by atoms with Gasteiger partial charge in [-0.2, -0.15) is 5.26 Å². The van der Waals surface area contributed by atoms with E-state index in [0.717, 1.165) is 16.9 Å². The van der Waals surface area contributed by atoms with Gasteiger partial charge >= 0.3 is 0 Å². The number of nitrogens with zero attached hydrogens (tertiary/aromatic N) is 1. The Kier molecular flexibility index (Phi) is 4.56. The molecule has 6 heteroatoms. The monoisotopic (exact) mass is 342 g/mol. The van der Waals surface area contributed by atoms with Gasteiger partial charge in [-0.15, -0.1) is 0 Å². The number of ether oxygens (including phenoxy) is 1. The predicted molar refractivity (Wildman–Crippen MR) is 91.1 cm³/mol. The molecule has 0 spiro atoms. The highest BCUT2D eigenvalue weighted by Crippen LogP contribution is 2.28. The SMILES string of the molecule is Cc1cccc2c1OC[C@@H](NS(=O)(=O)Cc1ccc(C#N)cc1)C2. The first-order valence-corrected chi connectivity index (χ1v) is 9.32. The van der Waals surface area contributed by atoms with E-state index in [-0.39, 0.29) is 11.8 Å². The molecule has 0 unspecified atom stereocenters. The van der Waals surface area contributed by atoms with Crippen LogP contribution in [0.1, 0.15) is 22.3 Å². The smallest absolute Gasteiger partial charge is 0.216 e. The van der Waals surface area contributed by atoms with Crippen LogP contribution in [-0.4, -0.2) is 21.1 Å². The van der Waals surface area contributed by atoms with E-state index in [1.165, 1.54) is 0 Å². The molecule has 5 nitrogen and oxygen atoms in total. The van der Waals surface area contributed by atoms with Crippen LogP contribution in [0.2, 0.25) is 0 Å². The normalized spacial score (nSPS) is 16.8. The molecule has 1 N–H and O–H groups in total. The highest BCUT2D eigenvalue weighted by Gasteiger charge is 2.25. The van der Waals surface area contributed by atoms with Gasteiger partial charge in [0, 0.05) is 0 Å². The molecule has 0 fully saturated rings. The van der Waals surface area contributed by atoms with Gasteiger partial charge < -0.3 is 4.74 Å². The van der Waals surface area contributed by atoms with Crippen molar-refractivity contribution in [2.75, 3.05) is 6.61 Å². The Morgan fingerprint density at radius 3 is 2.71 bits per heavy atom. The van der Waals surface area contributed by atoms with Crippen LogP contribution < -0.4 is 9.46 Å². The second-order valence-corrected chi connectivity index (χ2v) is 7.71. The minimum atomic E-state index is -3.48. The number of para-hydroxylation sites is 1. The van der Waals surface area contributed by atoms with Crippen molar-refractivity contribution < 1.29 is 13.2 Å². The second-order valence-electron chi connectivity index (χ2n) is 5.96. The summed E-state index contributed by atoms with van der Waals surface area (Å²) in [4.78, 5) is 0. The van der Waals surface area contributed by atoms with Crippen molar-refractivity contribution in [2.24, 2.45) is 0 Å². The Morgan fingerprint density at radius 1 is 1.25 bits per heavy atom. The number of sulfonamides is 1. The number of fused-ring (bicyclic) bond motifs is 1. The number of hydrogen-bond acceptors (Lipinski definition) is 4. The predicted octanol–water partition coefficient (Wildman–Crippen LogP) is 2.29. The van der Waals surface area contributed by atoms with E-state index in [4.69, 9.17) is 10.00 Å². The molecule has 0 bridgehead atoms. The first kappa shape index (κ1) is 16.5. The molecule has 124 valence electrons. The third kappa shape index (κ3) is 3.75. The van der Waals surface area contributed by atoms with Crippen molar-refractivity contribution in [1.29, 1.82) is 5.26 Å². The summed E-state index contributed by atoms with van der Waals surface area (Å²) in [5.41, 5.74) is 3.24. The fraction of sp³-hybridized carbons (Fsp3) is 0.278. The average molecular weight is 342 g/mol. The van der Waals surface area contributed by atoms with Crippen LogP contribution in [0.5, 0.6) is 5.75 Å². The molecule has 0 aliphatic carbocycles. The van der Waals surface area contributed by atoms with Crippen LogP contribution in [0.25, 0.3) is 0 Å². The van der Waals surface area contributed by atoms with Gasteiger partial charge in [0.05, 0.1) is 23.4 Å². The van der Waals surface area contributed by atoms with Gasteiger partial charge in [-0.25, -0.2) is 13.1 Å².